The van der Waals surface area contributed by atoms with Crippen molar-refractivity contribution in [3.63, 3.8) is 0 Å². The maximum Gasteiger partial charge on any atom is 0.306 e. The third kappa shape index (κ3) is 7.24. The van der Waals surface area contributed by atoms with Crippen molar-refractivity contribution in [2.45, 2.75) is 70.0 Å². The number of methoxy groups -OCH3 is 2. The average molecular weight is 589 g/mol. The van der Waals surface area contributed by atoms with E-state index in [1.54, 1.807) is 12.1 Å². The molecule has 0 bridgehead atoms. The van der Waals surface area contributed by atoms with Gasteiger partial charge in [-0.05, 0) is 90.5 Å². The zero-order valence-corrected chi connectivity index (χ0v) is 25.0. The molecule has 2 aliphatic carbocycles. The minimum Gasteiger partial charge on any atom is -0.504 e. The lowest BCUT2D eigenvalue weighted by Gasteiger charge is -2.43. The molecule has 0 aliphatic heterocycles. The van der Waals surface area contributed by atoms with Gasteiger partial charge in [-0.25, -0.2) is 0 Å². The van der Waals surface area contributed by atoms with Gasteiger partial charge in [-0.2, -0.15) is 0 Å². The molecule has 2 N–H and O–H groups in total. The number of esters is 2. The van der Waals surface area contributed by atoms with Crippen LogP contribution in [0.4, 0.5) is 0 Å². The number of rotatable bonds is 8. The van der Waals surface area contributed by atoms with Gasteiger partial charge in [0.25, 0.3) is 0 Å². The lowest BCUT2D eigenvalue weighted by molar-refractivity contribution is -0.160. The molecule has 5 atom stereocenters. The number of fused-ring (bicyclic) bond motifs is 2. The zero-order valence-electron chi connectivity index (χ0n) is 25.0. The van der Waals surface area contributed by atoms with E-state index in [-0.39, 0.29) is 47.6 Å². The van der Waals surface area contributed by atoms with Crippen molar-refractivity contribution >= 4 is 11.9 Å². The van der Waals surface area contributed by atoms with Crippen molar-refractivity contribution in [3.8, 4) is 23.0 Å². The fourth-order valence-electron chi connectivity index (χ4n) is 6.86. The molecule has 5 unspecified atom stereocenters. The number of benzene rings is 3. The highest BCUT2D eigenvalue weighted by atomic mass is 16.6. The lowest BCUT2D eigenvalue weighted by Crippen LogP contribution is -2.43. The molecule has 0 amide bonds. The van der Waals surface area contributed by atoms with E-state index in [9.17, 15) is 19.8 Å². The van der Waals surface area contributed by atoms with Crippen LogP contribution in [0.15, 0.2) is 60.7 Å². The van der Waals surface area contributed by atoms with Crippen LogP contribution in [-0.4, -0.2) is 48.6 Å². The molecule has 228 valence electrons. The lowest BCUT2D eigenvalue weighted by atomic mass is 9.66. The molecule has 2 aliphatic rings. The summed E-state index contributed by atoms with van der Waals surface area (Å²) in [6, 6.07) is 18.8. The van der Waals surface area contributed by atoms with Crippen LogP contribution in [0.5, 0.6) is 23.0 Å². The first kappa shape index (κ1) is 30.3. The number of phenolic OH excluding ortho intramolecular Hbond substituents is 2. The van der Waals surface area contributed by atoms with Crippen LogP contribution in [-0.2, 0) is 38.3 Å². The van der Waals surface area contributed by atoms with E-state index in [4.69, 9.17) is 18.9 Å². The molecule has 0 radical (unpaired) electrons. The monoisotopic (exact) mass is 588 g/mol. The second-order valence-corrected chi connectivity index (χ2v) is 11.7. The van der Waals surface area contributed by atoms with Gasteiger partial charge in [-0.3, -0.25) is 9.59 Å². The molecule has 0 heterocycles. The molecule has 0 spiro atoms. The second kappa shape index (κ2) is 13.4. The predicted octanol–water partition coefficient (Wildman–Crippen LogP) is 5.89. The Bertz CT molecular complexity index is 1440. The van der Waals surface area contributed by atoms with Crippen LogP contribution >= 0.6 is 0 Å². The number of hydrogen-bond acceptors (Lipinski definition) is 8. The Balaban J connectivity index is 1.47. The van der Waals surface area contributed by atoms with Gasteiger partial charge in [0.05, 0.1) is 14.2 Å². The number of phenols is 2. The number of carbonyl (C=O) groups is 2. The smallest absolute Gasteiger partial charge is 0.306 e. The van der Waals surface area contributed by atoms with E-state index in [0.717, 1.165) is 28.7 Å². The first-order valence-corrected chi connectivity index (χ1v) is 14.9. The Morgan fingerprint density at radius 1 is 0.814 bits per heavy atom. The van der Waals surface area contributed by atoms with Crippen molar-refractivity contribution in [1.29, 1.82) is 0 Å². The normalized spacial score (nSPS) is 23.1. The molecule has 5 rings (SSSR count). The standard InChI is InChI=1S/C35H40O8/c1-21(36)42-32-20-28(43-35(39)12-9-22-7-5-4-6-8-22)15-24(23-10-11-30(37)33(18-23)40-2)13-27-14-25-17-31(38)34(41-3)19-26(25)16-29(27)32/h4-8,10-11,17-19,24,27-29,32,37-38H,9,12-16,20H2,1-3H3. The number of aryl methyl sites for hydroxylation is 1. The Morgan fingerprint density at radius 3 is 2.26 bits per heavy atom. The van der Waals surface area contributed by atoms with Crippen LogP contribution in [0.3, 0.4) is 0 Å². The summed E-state index contributed by atoms with van der Waals surface area (Å²) in [6.07, 6.45) is 2.89. The van der Waals surface area contributed by atoms with E-state index in [1.165, 1.54) is 21.1 Å². The molecule has 0 saturated heterocycles. The Kier molecular flexibility index (Phi) is 9.43. The van der Waals surface area contributed by atoms with Gasteiger partial charge in [0.1, 0.15) is 12.2 Å². The summed E-state index contributed by atoms with van der Waals surface area (Å²) in [5, 5.41) is 20.8. The van der Waals surface area contributed by atoms with Crippen LogP contribution in [0.25, 0.3) is 0 Å². The molecule has 1 saturated carbocycles. The summed E-state index contributed by atoms with van der Waals surface area (Å²) in [5.41, 5.74) is 4.14. The minimum atomic E-state index is -0.478. The van der Waals surface area contributed by atoms with E-state index >= 15 is 0 Å². The summed E-state index contributed by atoms with van der Waals surface area (Å²) in [7, 11) is 3.05. The number of hydrogen-bond donors (Lipinski definition) is 2. The summed E-state index contributed by atoms with van der Waals surface area (Å²) in [5.74, 6) is 0.385. The number of ether oxygens (including phenoxy) is 4. The van der Waals surface area contributed by atoms with Gasteiger partial charge in [-0.1, -0.05) is 36.4 Å². The van der Waals surface area contributed by atoms with Crippen LogP contribution in [0.1, 0.15) is 60.8 Å². The van der Waals surface area contributed by atoms with Crippen molar-refractivity contribution in [3.05, 3.63) is 82.9 Å². The van der Waals surface area contributed by atoms with Crippen molar-refractivity contribution in [2.75, 3.05) is 14.2 Å². The minimum absolute atomic E-state index is 0.0133. The average Bonchev–Trinajstić information content (AvgIpc) is 2.98. The number of carbonyl (C=O) groups excluding carboxylic acids is 2. The van der Waals surface area contributed by atoms with Gasteiger partial charge < -0.3 is 29.2 Å². The molecule has 3 aromatic rings. The van der Waals surface area contributed by atoms with Crippen LogP contribution in [0.2, 0.25) is 0 Å². The maximum atomic E-state index is 13.1. The fraction of sp³-hybridized carbons (Fsp3) is 0.429. The topological polar surface area (TPSA) is 112 Å². The third-order valence-electron chi connectivity index (χ3n) is 8.90. The summed E-state index contributed by atoms with van der Waals surface area (Å²) < 4.78 is 22.9. The SMILES string of the molecule is COc1cc(C2CC(OC(=O)CCc3ccccc3)CC(OC(C)=O)C3Cc4cc(OC)c(O)cc4CC3C2)ccc1O. The van der Waals surface area contributed by atoms with Gasteiger partial charge in [0, 0.05) is 25.7 Å². The quantitative estimate of drug-likeness (QED) is 0.314. The molecular formula is C35H40O8. The Hall–Kier alpha value is -4.20. The highest BCUT2D eigenvalue weighted by Crippen LogP contribution is 2.46. The molecule has 1 fully saturated rings. The zero-order chi connectivity index (χ0) is 30.5. The first-order valence-electron chi connectivity index (χ1n) is 14.9. The number of aromatic hydroxyl groups is 2. The summed E-state index contributed by atoms with van der Waals surface area (Å²) in [6.45, 7) is 1.41. The van der Waals surface area contributed by atoms with Crippen LogP contribution < -0.4 is 9.47 Å². The van der Waals surface area contributed by atoms with Crippen molar-refractivity contribution < 1.29 is 38.7 Å². The molecule has 3 aromatic carbocycles. The van der Waals surface area contributed by atoms with Crippen molar-refractivity contribution in [2.24, 2.45) is 11.8 Å². The van der Waals surface area contributed by atoms with Crippen LogP contribution in [0, 0.1) is 11.8 Å². The van der Waals surface area contributed by atoms with E-state index in [2.05, 4.69) is 0 Å². The van der Waals surface area contributed by atoms with Gasteiger partial charge in [0.15, 0.2) is 23.0 Å². The Labute approximate surface area is 252 Å². The fourth-order valence-corrected chi connectivity index (χ4v) is 6.86. The maximum absolute atomic E-state index is 13.1. The highest BCUT2D eigenvalue weighted by Gasteiger charge is 2.42. The van der Waals surface area contributed by atoms with E-state index in [1.807, 2.05) is 48.5 Å². The molecule has 0 aromatic heterocycles. The summed E-state index contributed by atoms with van der Waals surface area (Å²) >= 11 is 0. The third-order valence-corrected chi connectivity index (χ3v) is 8.90. The largest absolute Gasteiger partial charge is 0.504 e. The molecular weight excluding hydrogens is 548 g/mol. The second-order valence-electron chi connectivity index (χ2n) is 11.7. The first-order chi connectivity index (χ1) is 20.7. The molecule has 43 heavy (non-hydrogen) atoms. The molecule has 8 heteroatoms. The van der Waals surface area contributed by atoms with Gasteiger partial charge in [0.2, 0.25) is 0 Å². The van der Waals surface area contributed by atoms with E-state index < -0.39 is 12.2 Å². The Morgan fingerprint density at radius 2 is 1.53 bits per heavy atom. The molecule has 8 nitrogen and oxygen atoms in total. The summed E-state index contributed by atoms with van der Waals surface area (Å²) in [4.78, 5) is 25.5. The van der Waals surface area contributed by atoms with Gasteiger partial charge >= 0.3 is 11.9 Å². The van der Waals surface area contributed by atoms with Gasteiger partial charge in [-0.15, -0.1) is 0 Å². The highest BCUT2D eigenvalue weighted by molar-refractivity contribution is 5.70. The van der Waals surface area contributed by atoms with Crippen molar-refractivity contribution in [1.82, 2.24) is 0 Å². The predicted molar refractivity (Wildman–Crippen MR) is 160 cm³/mol. The van der Waals surface area contributed by atoms with E-state index in [0.29, 0.717) is 43.6 Å².